The van der Waals surface area contributed by atoms with Crippen LogP contribution in [0.4, 0.5) is 0 Å². The van der Waals surface area contributed by atoms with Crippen LogP contribution < -0.4 is 0 Å². The molecule has 0 aromatic heterocycles. The van der Waals surface area contributed by atoms with Crippen molar-refractivity contribution >= 4 is 21.7 Å². The van der Waals surface area contributed by atoms with Crippen LogP contribution in [-0.4, -0.2) is 23.8 Å². The summed E-state index contributed by atoms with van der Waals surface area (Å²) in [5.74, 6) is 0.262. The molecule has 1 heterocycles. The number of rotatable bonds is 4. The summed E-state index contributed by atoms with van der Waals surface area (Å²) in [7, 11) is 0. The zero-order valence-corrected chi connectivity index (χ0v) is 11.7. The molecule has 2 rings (SSSR count). The Balaban J connectivity index is 2.25. The first-order chi connectivity index (χ1) is 8.18. The van der Waals surface area contributed by atoms with E-state index in [9.17, 15) is 4.79 Å². The van der Waals surface area contributed by atoms with Crippen LogP contribution in [0.3, 0.4) is 0 Å². The average Bonchev–Trinajstić information content (AvgIpc) is 2.80. The maximum Gasteiger partial charge on any atom is 0.131 e. The molecule has 1 saturated heterocycles. The summed E-state index contributed by atoms with van der Waals surface area (Å²) >= 11 is 3.60. The lowest BCUT2D eigenvalue weighted by Crippen LogP contribution is -2.27. The molecule has 0 N–H and O–H groups in total. The van der Waals surface area contributed by atoms with Gasteiger partial charge in [0.15, 0.2) is 0 Å². The van der Waals surface area contributed by atoms with E-state index in [0.29, 0.717) is 6.42 Å². The number of Topliss-reactive ketones (excluding diaryl/α,β-unsaturated/α-hetero) is 1. The van der Waals surface area contributed by atoms with E-state index in [-0.39, 0.29) is 11.8 Å². The Bertz CT molecular complexity index is 399. The summed E-state index contributed by atoms with van der Waals surface area (Å²) in [5.41, 5.74) is 1.24. The Hall–Kier alpha value is -0.670. The Labute approximate surface area is 111 Å². The molecular formula is C14H18BrNO. The lowest BCUT2D eigenvalue weighted by Gasteiger charge is -2.28. The lowest BCUT2D eigenvalue weighted by atomic mass is 10.0. The van der Waals surface area contributed by atoms with Gasteiger partial charge in [-0.3, -0.25) is 9.69 Å². The zero-order valence-electron chi connectivity index (χ0n) is 10.2. The van der Waals surface area contributed by atoms with E-state index >= 15 is 0 Å². The van der Waals surface area contributed by atoms with Crippen molar-refractivity contribution in [2.75, 3.05) is 13.1 Å². The van der Waals surface area contributed by atoms with Gasteiger partial charge in [-0.15, -0.1) is 0 Å². The predicted octanol–water partition coefficient (Wildman–Crippen LogP) is 3.57. The van der Waals surface area contributed by atoms with E-state index in [4.69, 9.17) is 0 Å². The van der Waals surface area contributed by atoms with Gasteiger partial charge >= 0.3 is 0 Å². The molecule has 1 aromatic rings. The maximum absolute atomic E-state index is 11.5. The van der Waals surface area contributed by atoms with Crippen LogP contribution >= 0.6 is 15.9 Å². The number of nitrogens with zero attached hydrogens (tertiary/aromatic N) is 1. The Kier molecular flexibility index (Phi) is 4.35. The first-order valence-electron chi connectivity index (χ1n) is 6.16. The first-order valence-corrected chi connectivity index (χ1v) is 6.95. The topological polar surface area (TPSA) is 20.3 Å². The summed E-state index contributed by atoms with van der Waals surface area (Å²) in [4.78, 5) is 13.9. The van der Waals surface area contributed by atoms with Crippen molar-refractivity contribution in [3.8, 4) is 0 Å². The third kappa shape index (κ3) is 3.17. The predicted molar refractivity (Wildman–Crippen MR) is 73.0 cm³/mol. The zero-order chi connectivity index (χ0) is 12.3. The standard InChI is InChI=1S/C14H18BrNO/c1-11(17)10-14(16-8-4-5-9-16)12-6-2-3-7-13(12)15/h2-3,6-7,14H,4-5,8-10H2,1H3. The second kappa shape index (κ2) is 5.78. The van der Waals surface area contributed by atoms with Crippen LogP contribution in [0.2, 0.25) is 0 Å². The van der Waals surface area contributed by atoms with Gasteiger partial charge in [0.1, 0.15) is 5.78 Å². The van der Waals surface area contributed by atoms with E-state index in [1.165, 1.54) is 18.4 Å². The van der Waals surface area contributed by atoms with E-state index in [1.54, 1.807) is 6.92 Å². The van der Waals surface area contributed by atoms with Gasteiger partial charge in [-0.25, -0.2) is 0 Å². The SMILES string of the molecule is CC(=O)CC(c1ccccc1Br)N1CCCC1. The second-order valence-corrected chi connectivity index (χ2v) is 5.54. The third-order valence-electron chi connectivity index (χ3n) is 3.33. The molecule has 1 aliphatic heterocycles. The number of carbonyl (C=O) groups excluding carboxylic acids is 1. The number of ketones is 1. The average molecular weight is 296 g/mol. The molecule has 92 valence electrons. The molecule has 1 fully saturated rings. The fourth-order valence-electron chi connectivity index (χ4n) is 2.51. The van der Waals surface area contributed by atoms with Crippen molar-refractivity contribution in [1.29, 1.82) is 0 Å². The van der Waals surface area contributed by atoms with Gasteiger partial charge in [0, 0.05) is 16.9 Å². The van der Waals surface area contributed by atoms with Crippen molar-refractivity contribution < 1.29 is 4.79 Å². The summed E-state index contributed by atoms with van der Waals surface area (Å²) in [5, 5.41) is 0. The number of likely N-dealkylation sites (tertiary alicyclic amines) is 1. The number of hydrogen-bond acceptors (Lipinski definition) is 2. The second-order valence-electron chi connectivity index (χ2n) is 4.69. The van der Waals surface area contributed by atoms with Crippen LogP contribution in [0.1, 0.15) is 37.8 Å². The number of hydrogen-bond donors (Lipinski definition) is 0. The van der Waals surface area contributed by atoms with Crippen molar-refractivity contribution in [2.24, 2.45) is 0 Å². The smallest absolute Gasteiger partial charge is 0.131 e. The molecule has 1 aliphatic rings. The highest BCUT2D eigenvalue weighted by Gasteiger charge is 2.25. The molecule has 17 heavy (non-hydrogen) atoms. The summed E-state index contributed by atoms with van der Waals surface area (Å²) in [6.45, 7) is 3.90. The van der Waals surface area contributed by atoms with Crippen molar-refractivity contribution in [2.45, 2.75) is 32.2 Å². The Morgan fingerprint density at radius 3 is 2.59 bits per heavy atom. The Morgan fingerprint density at radius 2 is 2.00 bits per heavy atom. The molecule has 3 heteroatoms. The molecule has 2 nitrogen and oxygen atoms in total. The minimum atomic E-state index is 0.241. The summed E-state index contributed by atoms with van der Waals surface area (Å²) in [6.07, 6.45) is 3.11. The minimum Gasteiger partial charge on any atom is -0.300 e. The quantitative estimate of drug-likeness (QED) is 0.846. The van der Waals surface area contributed by atoms with Crippen molar-refractivity contribution in [3.63, 3.8) is 0 Å². The molecule has 1 unspecified atom stereocenters. The third-order valence-corrected chi connectivity index (χ3v) is 4.05. The van der Waals surface area contributed by atoms with Gasteiger partial charge in [-0.2, -0.15) is 0 Å². The number of benzene rings is 1. The van der Waals surface area contributed by atoms with Gasteiger partial charge in [-0.05, 0) is 44.5 Å². The molecular weight excluding hydrogens is 278 g/mol. The first kappa shape index (κ1) is 12.8. The van der Waals surface area contributed by atoms with Crippen LogP contribution in [0, 0.1) is 0 Å². The number of carbonyl (C=O) groups is 1. The van der Waals surface area contributed by atoms with E-state index < -0.39 is 0 Å². The molecule has 0 saturated carbocycles. The van der Waals surface area contributed by atoms with Gasteiger partial charge in [-0.1, -0.05) is 34.1 Å². The molecule has 0 amide bonds. The highest BCUT2D eigenvalue weighted by molar-refractivity contribution is 9.10. The van der Waals surface area contributed by atoms with E-state index in [2.05, 4.69) is 33.0 Å². The van der Waals surface area contributed by atoms with Crippen molar-refractivity contribution in [1.82, 2.24) is 4.90 Å². The van der Waals surface area contributed by atoms with Crippen LogP contribution in [0.25, 0.3) is 0 Å². The van der Waals surface area contributed by atoms with Crippen LogP contribution in [0.5, 0.6) is 0 Å². The highest BCUT2D eigenvalue weighted by Crippen LogP contribution is 2.32. The molecule has 0 bridgehead atoms. The highest BCUT2D eigenvalue weighted by atomic mass is 79.9. The molecule has 0 aliphatic carbocycles. The fourth-order valence-corrected chi connectivity index (χ4v) is 3.06. The summed E-state index contributed by atoms with van der Waals surface area (Å²) in [6, 6.07) is 8.48. The van der Waals surface area contributed by atoms with Gasteiger partial charge < -0.3 is 0 Å². The number of halogens is 1. The molecule has 1 atom stereocenters. The van der Waals surface area contributed by atoms with Crippen molar-refractivity contribution in [3.05, 3.63) is 34.3 Å². The maximum atomic E-state index is 11.5. The van der Waals surface area contributed by atoms with Crippen LogP contribution in [0.15, 0.2) is 28.7 Å². The van der Waals surface area contributed by atoms with Gasteiger partial charge in [0.05, 0.1) is 0 Å². The van der Waals surface area contributed by atoms with Gasteiger partial charge in [0.25, 0.3) is 0 Å². The van der Waals surface area contributed by atoms with E-state index in [0.717, 1.165) is 17.6 Å². The minimum absolute atomic E-state index is 0.241. The van der Waals surface area contributed by atoms with Gasteiger partial charge in [0.2, 0.25) is 0 Å². The largest absolute Gasteiger partial charge is 0.300 e. The molecule has 0 radical (unpaired) electrons. The lowest BCUT2D eigenvalue weighted by molar-refractivity contribution is -0.118. The van der Waals surface area contributed by atoms with Crippen LogP contribution in [-0.2, 0) is 4.79 Å². The normalized spacial score (nSPS) is 18.2. The fraction of sp³-hybridized carbons (Fsp3) is 0.500. The monoisotopic (exact) mass is 295 g/mol. The Morgan fingerprint density at radius 1 is 1.35 bits per heavy atom. The van der Waals surface area contributed by atoms with E-state index in [1.807, 2.05) is 12.1 Å². The summed E-state index contributed by atoms with van der Waals surface area (Å²) < 4.78 is 1.11. The molecule has 0 spiro atoms. The molecule has 1 aromatic carbocycles.